The van der Waals surface area contributed by atoms with Gasteiger partial charge in [0, 0.05) is 29.9 Å². The molecule has 1 heterocycles. The number of rotatable bonds is 2. The number of carbonyl (C=O) groups is 1. The van der Waals surface area contributed by atoms with Crippen molar-refractivity contribution in [3.05, 3.63) is 35.5 Å². The molecule has 1 saturated carbocycles. The van der Waals surface area contributed by atoms with Crippen LogP contribution in [0, 0.1) is 0 Å². The van der Waals surface area contributed by atoms with E-state index in [9.17, 15) is 9.18 Å². The van der Waals surface area contributed by atoms with Crippen molar-refractivity contribution in [3.63, 3.8) is 0 Å². The predicted molar refractivity (Wildman–Crippen MR) is 69.3 cm³/mol. The van der Waals surface area contributed by atoms with Crippen molar-refractivity contribution in [1.82, 2.24) is 4.98 Å². The van der Waals surface area contributed by atoms with Gasteiger partial charge in [0.25, 0.3) is 0 Å². The normalized spacial score (nSPS) is 17.5. The Bertz CT molecular complexity index is 577. The maximum atomic E-state index is 12.7. The molecule has 18 heavy (non-hydrogen) atoms. The van der Waals surface area contributed by atoms with Gasteiger partial charge in [-0.3, -0.25) is 4.79 Å². The Labute approximate surface area is 105 Å². The van der Waals surface area contributed by atoms with E-state index in [1.54, 1.807) is 0 Å². The van der Waals surface area contributed by atoms with Gasteiger partial charge in [-0.05, 0) is 42.0 Å². The number of hydrogen-bond acceptors (Lipinski definition) is 1. The molecule has 1 aromatic heterocycles. The number of halogens is 1. The molecule has 1 N–H and O–H groups in total. The fourth-order valence-electron chi connectivity index (χ4n) is 2.86. The van der Waals surface area contributed by atoms with Crippen molar-refractivity contribution in [2.45, 2.75) is 38.3 Å². The summed E-state index contributed by atoms with van der Waals surface area (Å²) in [5, 5.41) is 1.12. The summed E-state index contributed by atoms with van der Waals surface area (Å²) in [7, 11) is 0. The first-order valence-electron chi connectivity index (χ1n) is 6.45. The van der Waals surface area contributed by atoms with Gasteiger partial charge >= 0.3 is 0 Å². The maximum absolute atomic E-state index is 12.7. The quantitative estimate of drug-likeness (QED) is 0.856. The van der Waals surface area contributed by atoms with Gasteiger partial charge in [-0.25, -0.2) is 4.39 Å². The molecular formula is C15H16FNO. The Hall–Kier alpha value is -1.64. The summed E-state index contributed by atoms with van der Waals surface area (Å²) in [5.74, 6) is 0.807. The highest BCUT2D eigenvalue weighted by Crippen LogP contribution is 2.35. The monoisotopic (exact) mass is 245 g/mol. The highest BCUT2D eigenvalue weighted by Gasteiger charge is 2.22. The van der Waals surface area contributed by atoms with Crippen LogP contribution in [0.25, 0.3) is 10.9 Å². The van der Waals surface area contributed by atoms with E-state index in [1.165, 1.54) is 5.56 Å². The van der Waals surface area contributed by atoms with Crippen molar-refractivity contribution in [2.75, 3.05) is 0 Å². The molecule has 1 aliphatic carbocycles. The highest BCUT2D eigenvalue weighted by molar-refractivity contribution is 5.85. The van der Waals surface area contributed by atoms with Crippen LogP contribution >= 0.6 is 0 Å². The Kier molecular flexibility index (Phi) is 2.90. The average Bonchev–Trinajstić information content (AvgIpc) is 2.82. The van der Waals surface area contributed by atoms with Crippen LogP contribution in [0.3, 0.4) is 0 Å². The van der Waals surface area contributed by atoms with E-state index in [1.807, 2.05) is 24.4 Å². The molecule has 0 bridgehead atoms. The number of fused-ring (bicyclic) bond motifs is 1. The Balaban J connectivity index is 1.98. The lowest BCUT2D eigenvalue weighted by Gasteiger charge is -2.20. The van der Waals surface area contributed by atoms with Crippen LogP contribution in [0.15, 0.2) is 24.4 Å². The number of nitrogens with one attached hydrogen (secondary N) is 1. The third kappa shape index (κ3) is 1.94. The minimum atomic E-state index is -0.427. The van der Waals surface area contributed by atoms with E-state index in [0.717, 1.165) is 29.3 Å². The number of benzene rings is 1. The molecule has 94 valence electrons. The number of aromatic amines is 1. The molecule has 1 aromatic carbocycles. The number of alkyl halides is 1. The molecule has 0 spiro atoms. The van der Waals surface area contributed by atoms with Gasteiger partial charge in [0.15, 0.2) is 0 Å². The molecule has 0 aliphatic heterocycles. The number of aromatic nitrogens is 1. The highest BCUT2D eigenvalue weighted by atomic mass is 19.1. The minimum absolute atomic E-state index is 0.371. The van der Waals surface area contributed by atoms with Crippen LogP contribution in [0.5, 0.6) is 0 Å². The molecule has 0 amide bonds. The molecule has 1 fully saturated rings. The number of H-pyrrole nitrogens is 1. The fourth-order valence-corrected chi connectivity index (χ4v) is 2.86. The van der Waals surface area contributed by atoms with Gasteiger partial charge in [-0.1, -0.05) is 6.07 Å². The molecule has 0 saturated heterocycles. The zero-order valence-corrected chi connectivity index (χ0v) is 10.2. The van der Waals surface area contributed by atoms with E-state index >= 15 is 0 Å². The van der Waals surface area contributed by atoms with E-state index in [-0.39, 0.29) is 0 Å². The molecule has 0 atom stereocenters. The van der Waals surface area contributed by atoms with Gasteiger partial charge in [0.1, 0.15) is 12.5 Å². The third-order valence-corrected chi connectivity index (χ3v) is 3.92. The fraction of sp³-hybridized carbons (Fsp3) is 0.400. The summed E-state index contributed by atoms with van der Waals surface area (Å²) in [4.78, 5) is 14.5. The number of ketones is 1. The van der Waals surface area contributed by atoms with Crippen LogP contribution < -0.4 is 0 Å². The second-order valence-corrected chi connectivity index (χ2v) is 5.07. The standard InChI is InChI=1S/C15H16FNO/c16-8-10-1-6-15-13(7-10)14(9-17-15)11-2-4-12(18)5-3-11/h1,6-7,9,11,17H,2-5,8H2. The smallest absolute Gasteiger partial charge is 0.132 e. The van der Waals surface area contributed by atoms with Crippen LogP contribution in [0.2, 0.25) is 0 Å². The molecule has 3 rings (SSSR count). The van der Waals surface area contributed by atoms with Crippen LogP contribution in [-0.2, 0) is 11.5 Å². The molecule has 2 aromatic rings. The molecule has 2 nitrogen and oxygen atoms in total. The molecule has 0 radical (unpaired) electrons. The first kappa shape index (κ1) is 11.5. The minimum Gasteiger partial charge on any atom is -0.361 e. The van der Waals surface area contributed by atoms with Crippen LogP contribution in [-0.4, -0.2) is 10.8 Å². The lowest BCUT2D eigenvalue weighted by Crippen LogP contribution is -2.12. The molecular weight excluding hydrogens is 229 g/mol. The van der Waals surface area contributed by atoms with E-state index < -0.39 is 6.67 Å². The largest absolute Gasteiger partial charge is 0.361 e. The van der Waals surface area contributed by atoms with E-state index in [2.05, 4.69) is 4.98 Å². The Morgan fingerprint density at radius 3 is 2.78 bits per heavy atom. The topological polar surface area (TPSA) is 32.9 Å². The van der Waals surface area contributed by atoms with Crippen molar-refractivity contribution in [3.8, 4) is 0 Å². The SMILES string of the molecule is O=C1CCC(c2c[nH]c3ccc(CF)cc23)CC1. The van der Waals surface area contributed by atoms with Crippen molar-refractivity contribution < 1.29 is 9.18 Å². The van der Waals surface area contributed by atoms with Gasteiger partial charge in [0.05, 0.1) is 0 Å². The number of carbonyl (C=O) groups excluding carboxylic acids is 1. The maximum Gasteiger partial charge on any atom is 0.132 e. The molecule has 1 aliphatic rings. The lowest BCUT2D eigenvalue weighted by atomic mass is 9.83. The average molecular weight is 245 g/mol. The summed E-state index contributed by atoms with van der Waals surface area (Å²) in [6, 6.07) is 5.67. The second-order valence-electron chi connectivity index (χ2n) is 5.07. The van der Waals surface area contributed by atoms with Crippen molar-refractivity contribution in [1.29, 1.82) is 0 Å². The lowest BCUT2D eigenvalue weighted by molar-refractivity contribution is -0.120. The zero-order valence-electron chi connectivity index (χ0n) is 10.2. The van der Waals surface area contributed by atoms with Gasteiger partial charge in [-0.2, -0.15) is 0 Å². The molecule has 0 unspecified atom stereocenters. The summed E-state index contributed by atoms with van der Waals surface area (Å²) < 4.78 is 12.7. The van der Waals surface area contributed by atoms with Crippen molar-refractivity contribution in [2.24, 2.45) is 0 Å². The first-order chi connectivity index (χ1) is 8.78. The summed E-state index contributed by atoms with van der Waals surface area (Å²) in [5.41, 5.74) is 3.02. The van der Waals surface area contributed by atoms with Gasteiger partial charge in [-0.15, -0.1) is 0 Å². The Morgan fingerprint density at radius 1 is 1.28 bits per heavy atom. The zero-order chi connectivity index (χ0) is 12.5. The first-order valence-corrected chi connectivity index (χ1v) is 6.45. The van der Waals surface area contributed by atoms with Crippen LogP contribution in [0.1, 0.15) is 42.7 Å². The van der Waals surface area contributed by atoms with E-state index in [0.29, 0.717) is 24.5 Å². The van der Waals surface area contributed by atoms with Crippen LogP contribution in [0.4, 0.5) is 4.39 Å². The second kappa shape index (κ2) is 4.56. The van der Waals surface area contributed by atoms with E-state index in [4.69, 9.17) is 0 Å². The summed E-state index contributed by atoms with van der Waals surface area (Å²) >= 11 is 0. The van der Waals surface area contributed by atoms with Gasteiger partial charge in [0.2, 0.25) is 0 Å². The van der Waals surface area contributed by atoms with Crippen molar-refractivity contribution >= 4 is 16.7 Å². The Morgan fingerprint density at radius 2 is 2.06 bits per heavy atom. The van der Waals surface area contributed by atoms with Gasteiger partial charge < -0.3 is 4.98 Å². The summed E-state index contributed by atoms with van der Waals surface area (Å²) in [6.45, 7) is -0.427. The predicted octanol–water partition coefficient (Wildman–Crippen LogP) is 3.86. The summed E-state index contributed by atoms with van der Waals surface area (Å²) in [6.07, 6.45) is 5.23. The molecule has 3 heteroatoms. The number of Topliss-reactive ketones (excluding diaryl/α,β-unsaturated/α-hetero) is 1. The third-order valence-electron chi connectivity index (χ3n) is 3.92. The number of hydrogen-bond donors (Lipinski definition) is 1.